The van der Waals surface area contributed by atoms with E-state index in [-0.39, 0.29) is 9.92 Å². The summed E-state index contributed by atoms with van der Waals surface area (Å²) < 4.78 is 27.2. The van der Waals surface area contributed by atoms with E-state index in [0.29, 0.717) is 11.3 Å². The molecule has 0 saturated heterocycles. The summed E-state index contributed by atoms with van der Waals surface area (Å²) in [5, 5.41) is 0.222. The Morgan fingerprint density at radius 2 is 1.63 bits per heavy atom. The van der Waals surface area contributed by atoms with Gasteiger partial charge in [-0.15, -0.1) is 0 Å². The Labute approximate surface area is 118 Å². The van der Waals surface area contributed by atoms with Crippen LogP contribution >= 0.6 is 11.6 Å². The van der Waals surface area contributed by atoms with E-state index < -0.39 is 10.0 Å². The zero-order valence-electron chi connectivity index (χ0n) is 10.6. The third kappa shape index (κ3) is 3.08. The number of hydrogen-bond acceptors (Lipinski definition) is 2. The molecule has 0 fully saturated rings. The third-order valence-corrected chi connectivity index (χ3v) is 4.75. The fourth-order valence-corrected chi connectivity index (χ4v) is 3.68. The fraction of sp³-hybridized carbons (Fsp3) is 0.143. The number of nitrogens with one attached hydrogen (secondary N) is 1. The molecule has 0 aromatic heterocycles. The number of halogens is 1. The Balaban J connectivity index is 2.41. The normalized spacial score (nSPS) is 11.3. The number of anilines is 1. The minimum absolute atomic E-state index is 0.122. The maximum atomic E-state index is 12.3. The summed E-state index contributed by atoms with van der Waals surface area (Å²) in [6.45, 7) is 3.66. The van der Waals surface area contributed by atoms with E-state index in [1.165, 1.54) is 0 Å². The second kappa shape index (κ2) is 5.23. The van der Waals surface area contributed by atoms with Crippen molar-refractivity contribution in [3.63, 3.8) is 0 Å². The lowest BCUT2D eigenvalue weighted by Crippen LogP contribution is -2.14. The molecule has 1 N–H and O–H groups in total. The summed E-state index contributed by atoms with van der Waals surface area (Å²) in [5.74, 6) is 0. The molecule has 0 amide bonds. The zero-order valence-corrected chi connectivity index (χ0v) is 12.2. The monoisotopic (exact) mass is 295 g/mol. The summed E-state index contributed by atoms with van der Waals surface area (Å²) in [5.41, 5.74) is 2.20. The second-order valence-electron chi connectivity index (χ2n) is 4.36. The average molecular weight is 296 g/mol. The van der Waals surface area contributed by atoms with Crippen molar-refractivity contribution in [1.29, 1.82) is 0 Å². The Morgan fingerprint density at radius 3 is 2.21 bits per heavy atom. The van der Waals surface area contributed by atoms with Crippen LogP contribution in [0.3, 0.4) is 0 Å². The summed E-state index contributed by atoms with van der Waals surface area (Å²) >= 11 is 5.99. The minimum atomic E-state index is -3.67. The Hall–Kier alpha value is -1.52. The Morgan fingerprint density at radius 1 is 1.00 bits per heavy atom. The maximum Gasteiger partial charge on any atom is 0.263 e. The van der Waals surface area contributed by atoms with Crippen LogP contribution in [0.2, 0.25) is 5.02 Å². The van der Waals surface area contributed by atoms with E-state index in [9.17, 15) is 8.42 Å². The van der Waals surface area contributed by atoms with Crippen LogP contribution in [-0.4, -0.2) is 8.42 Å². The summed E-state index contributed by atoms with van der Waals surface area (Å²) in [6.07, 6.45) is 0. The van der Waals surface area contributed by atoms with Gasteiger partial charge in [-0.25, -0.2) is 8.42 Å². The van der Waals surface area contributed by atoms with Crippen molar-refractivity contribution < 1.29 is 8.42 Å². The van der Waals surface area contributed by atoms with Gasteiger partial charge in [0.1, 0.15) is 4.90 Å². The van der Waals surface area contributed by atoms with Gasteiger partial charge in [-0.1, -0.05) is 41.4 Å². The smallest absolute Gasteiger partial charge is 0.263 e. The number of hydrogen-bond donors (Lipinski definition) is 1. The molecular formula is C14H14ClNO2S. The molecule has 3 nitrogen and oxygen atoms in total. The average Bonchev–Trinajstić information content (AvgIpc) is 2.31. The summed E-state index contributed by atoms with van der Waals surface area (Å²) in [4.78, 5) is 0.122. The summed E-state index contributed by atoms with van der Waals surface area (Å²) in [6, 6.07) is 12.1. The highest BCUT2D eigenvalue weighted by atomic mass is 35.5. The molecule has 0 saturated carbocycles. The Kier molecular flexibility index (Phi) is 3.83. The van der Waals surface area contributed by atoms with Gasteiger partial charge in [-0.2, -0.15) is 0 Å². The lowest BCUT2D eigenvalue weighted by atomic mass is 10.2. The van der Waals surface area contributed by atoms with Gasteiger partial charge in [-0.05, 0) is 37.6 Å². The largest absolute Gasteiger partial charge is 0.280 e. The molecule has 0 atom stereocenters. The molecule has 0 aliphatic carbocycles. The number of benzene rings is 2. The molecule has 0 aliphatic heterocycles. The van der Waals surface area contributed by atoms with Gasteiger partial charge in [0.15, 0.2) is 0 Å². The van der Waals surface area contributed by atoms with Gasteiger partial charge in [0, 0.05) is 5.69 Å². The van der Waals surface area contributed by atoms with E-state index in [1.807, 2.05) is 19.1 Å². The first-order valence-electron chi connectivity index (χ1n) is 5.75. The van der Waals surface area contributed by atoms with E-state index in [0.717, 1.165) is 5.56 Å². The van der Waals surface area contributed by atoms with Crippen molar-refractivity contribution in [3.8, 4) is 0 Å². The fourth-order valence-electron chi connectivity index (χ4n) is 1.78. The van der Waals surface area contributed by atoms with Crippen LogP contribution in [0.15, 0.2) is 47.4 Å². The highest BCUT2D eigenvalue weighted by Crippen LogP contribution is 2.26. The predicted molar refractivity (Wildman–Crippen MR) is 78.2 cm³/mol. The highest BCUT2D eigenvalue weighted by molar-refractivity contribution is 7.92. The van der Waals surface area contributed by atoms with Crippen molar-refractivity contribution in [2.24, 2.45) is 0 Å². The molecule has 2 aromatic rings. The third-order valence-electron chi connectivity index (χ3n) is 2.74. The van der Waals surface area contributed by atoms with Gasteiger partial charge in [0.2, 0.25) is 0 Å². The molecule has 0 spiro atoms. The predicted octanol–water partition coefficient (Wildman–Crippen LogP) is 3.76. The molecule has 0 unspecified atom stereocenters. The van der Waals surface area contributed by atoms with Gasteiger partial charge >= 0.3 is 0 Å². The SMILES string of the molecule is Cc1ccc(NS(=O)(=O)c2c(C)cccc2Cl)cc1. The van der Waals surface area contributed by atoms with Crippen molar-refractivity contribution in [1.82, 2.24) is 0 Å². The van der Waals surface area contributed by atoms with Gasteiger partial charge in [0.05, 0.1) is 5.02 Å². The van der Waals surface area contributed by atoms with Crippen LogP contribution in [0.5, 0.6) is 0 Å². The van der Waals surface area contributed by atoms with Crippen molar-refractivity contribution >= 4 is 27.3 Å². The van der Waals surface area contributed by atoms with Crippen LogP contribution in [-0.2, 0) is 10.0 Å². The topological polar surface area (TPSA) is 46.2 Å². The number of aryl methyl sites for hydroxylation is 2. The van der Waals surface area contributed by atoms with Crippen LogP contribution in [0.1, 0.15) is 11.1 Å². The molecule has 0 heterocycles. The first kappa shape index (κ1) is 13.9. The van der Waals surface area contributed by atoms with E-state index >= 15 is 0 Å². The number of rotatable bonds is 3. The first-order valence-corrected chi connectivity index (χ1v) is 7.61. The van der Waals surface area contributed by atoms with E-state index in [4.69, 9.17) is 11.6 Å². The molecule has 0 bridgehead atoms. The van der Waals surface area contributed by atoms with Gasteiger partial charge in [0.25, 0.3) is 10.0 Å². The van der Waals surface area contributed by atoms with Gasteiger partial charge in [-0.3, -0.25) is 4.72 Å². The standard InChI is InChI=1S/C14H14ClNO2S/c1-10-6-8-12(9-7-10)16-19(17,18)14-11(2)4-3-5-13(14)15/h3-9,16H,1-2H3. The first-order chi connectivity index (χ1) is 8.90. The lowest BCUT2D eigenvalue weighted by Gasteiger charge is -2.11. The van der Waals surface area contributed by atoms with E-state index in [2.05, 4.69) is 4.72 Å². The van der Waals surface area contributed by atoms with Crippen LogP contribution in [0.4, 0.5) is 5.69 Å². The zero-order chi connectivity index (χ0) is 14.0. The number of sulfonamides is 1. The Bertz CT molecular complexity index is 674. The molecule has 5 heteroatoms. The molecular weight excluding hydrogens is 282 g/mol. The molecule has 19 heavy (non-hydrogen) atoms. The molecule has 0 aliphatic rings. The van der Waals surface area contributed by atoms with Crippen LogP contribution in [0, 0.1) is 13.8 Å². The quantitative estimate of drug-likeness (QED) is 0.937. The van der Waals surface area contributed by atoms with Crippen LogP contribution in [0.25, 0.3) is 0 Å². The molecule has 0 radical (unpaired) electrons. The van der Waals surface area contributed by atoms with Gasteiger partial charge < -0.3 is 0 Å². The van der Waals surface area contributed by atoms with Crippen molar-refractivity contribution in [2.75, 3.05) is 4.72 Å². The summed E-state index contributed by atoms with van der Waals surface area (Å²) in [7, 11) is -3.67. The second-order valence-corrected chi connectivity index (χ2v) is 6.38. The minimum Gasteiger partial charge on any atom is -0.280 e. The van der Waals surface area contributed by atoms with Crippen LogP contribution < -0.4 is 4.72 Å². The lowest BCUT2D eigenvalue weighted by molar-refractivity contribution is 0.600. The highest BCUT2D eigenvalue weighted by Gasteiger charge is 2.20. The molecule has 2 rings (SSSR count). The van der Waals surface area contributed by atoms with Crippen molar-refractivity contribution in [2.45, 2.75) is 18.7 Å². The van der Waals surface area contributed by atoms with E-state index in [1.54, 1.807) is 37.3 Å². The maximum absolute atomic E-state index is 12.3. The molecule has 100 valence electrons. The molecule has 2 aromatic carbocycles. The van der Waals surface area contributed by atoms with Crippen molar-refractivity contribution in [3.05, 3.63) is 58.6 Å².